The second kappa shape index (κ2) is 7.95. The summed E-state index contributed by atoms with van der Waals surface area (Å²) in [7, 11) is -2.40. The number of nitro groups is 1. The summed E-state index contributed by atoms with van der Waals surface area (Å²) in [6, 6.07) is 8.87. The second-order valence-electron chi connectivity index (χ2n) is 6.24. The van der Waals surface area contributed by atoms with Gasteiger partial charge in [-0.1, -0.05) is 0 Å². The van der Waals surface area contributed by atoms with E-state index in [2.05, 4.69) is 0 Å². The number of sulfone groups is 1. The minimum Gasteiger partial charge on any atom is -0.497 e. The van der Waals surface area contributed by atoms with Gasteiger partial charge in [0.05, 0.1) is 17.6 Å². The highest BCUT2D eigenvalue weighted by molar-refractivity contribution is 7.90. The quantitative estimate of drug-likeness (QED) is 0.248. The summed E-state index contributed by atoms with van der Waals surface area (Å²) in [6.45, 7) is -0.311. The van der Waals surface area contributed by atoms with E-state index in [0.717, 1.165) is 30.5 Å². The number of nitrogens with zero attached hydrogens (tertiary/aromatic N) is 1. The fourth-order valence-corrected chi connectivity index (χ4v) is 3.61. The van der Waals surface area contributed by atoms with Crippen molar-refractivity contribution in [3.05, 3.63) is 74.1 Å². The maximum absolute atomic E-state index is 12.4. The molecule has 0 bridgehead atoms. The van der Waals surface area contributed by atoms with Crippen molar-refractivity contribution >= 4 is 32.5 Å². The highest BCUT2D eigenvalue weighted by Gasteiger charge is 2.24. The van der Waals surface area contributed by atoms with Gasteiger partial charge in [-0.15, -0.1) is 0 Å². The van der Waals surface area contributed by atoms with Crippen molar-refractivity contribution in [3.8, 4) is 5.75 Å². The van der Waals surface area contributed by atoms with Crippen LogP contribution in [0.5, 0.6) is 5.75 Å². The van der Waals surface area contributed by atoms with E-state index in [1.165, 1.54) is 13.2 Å². The monoisotopic (exact) mass is 433 g/mol. The molecule has 1 heterocycles. The van der Waals surface area contributed by atoms with E-state index >= 15 is 0 Å². The molecule has 1 aromatic heterocycles. The molecule has 0 fully saturated rings. The largest absolute Gasteiger partial charge is 0.497 e. The lowest BCUT2D eigenvalue weighted by atomic mass is 10.1. The molecule has 0 N–H and O–H groups in total. The van der Waals surface area contributed by atoms with Crippen LogP contribution < -0.4 is 10.4 Å². The Morgan fingerprint density at radius 3 is 2.53 bits per heavy atom. The maximum Gasteiger partial charge on any atom is 0.338 e. The summed E-state index contributed by atoms with van der Waals surface area (Å²) < 4.78 is 38.7. The van der Waals surface area contributed by atoms with Crippen molar-refractivity contribution in [2.24, 2.45) is 0 Å². The van der Waals surface area contributed by atoms with Gasteiger partial charge in [0.2, 0.25) is 0 Å². The van der Waals surface area contributed by atoms with Crippen LogP contribution in [0.1, 0.15) is 15.9 Å². The zero-order valence-corrected chi connectivity index (χ0v) is 16.6. The number of rotatable bonds is 6. The predicted octanol–water partition coefficient (Wildman–Crippen LogP) is 2.47. The van der Waals surface area contributed by atoms with E-state index in [9.17, 15) is 28.1 Å². The lowest BCUT2D eigenvalue weighted by Crippen LogP contribution is -2.10. The van der Waals surface area contributed by atoms with E-state index in [4.69, 9.17) is 13.9 Å². The minimum absolute atomic E-state index is 0.206. The fourth-order valence-electron chi connectivity index (χ4n) is 2.78. The molecule has 0 aliphatic rings. The highest BCUT2D eigenvalue weighted by atomic mass is 32.2. The molecule has 0 spiro atoms. The smallest absolute Gasteiger partial charge is 0.338 e. The van der Waals surface area contributed by atoms with Crippen LogP contribution in [0.15, 0.2) is 56.6 Å². The van der Waals surface area contributed by atoms with Gasteiger partial charge in [-0.05, 0) is 24.3 Å². The summed E-state index contributed by atoms with van der Waals surface area (Å²) >= 11 is 0. The van der Waals surface area contributed by atoms with Gasteiger partial charge in [-0.3, -0.25) is 10.1 Å². The van der Waals surface area contributed by atoms with Crippen LogP contribution in [0, 0.1) is 10.1 Å². The van der Waals surface area contributed by atoms with Crippen molar-refractivity contribution in [1.82, 2.24) is 0 Å². The lowest BCUT2D eigenvalue weighted by Gasteiger charge is -2.09. The van der Waals surface area contributed by atoms with E-state index in [1.807, 2.05) is 0 Å². The first-order valence-electron chi connectivity index (χ1n) is 8.36. The molecular formula is C19H15NO9S. The Hall–Kier alpha value is -3.73. The fraction of sp³-hybridized carbons (Fsp3) is 0.158. The molecule has 0 amide bonds. The zero-order chi connectivity index (χ0) is 22.1. The van der Waals surface area contributed by atoms with Gasteiger partial charge in [0.15, 0.2) is 9.84 Å². The van der Waals surface area contributed by atoms with Crippen LogP contribution in [0.2, 0.25) is 0 Å². The summed E-state index contributed by atoms with van der Waals surface area (Å²) in [4.78, 5) is 33.9. The van der Waals surface area contributed by atoms with Crippen LogP contribution in [0.3, 0.4) is 0 Å². The Bertz CT molecular complexity index is 1330. The van der Waals surface area contributed by atoms with E-state index in [-0.39, 0.29) is 17.8 Å². The molecule has 2 aromatic carbocycles. The van der Waals surface area contributed by atoms with Crippen LogP contribution in [-0.2, 0) is 21.2 Å². The van der Waals surface area contributed by atoms with Crippen LogP contribution in [0.25, 0.3) is 11.0 Å². The summed E-state index contributed by atoms with van der Waals surface area (Å²) in [5.74, 6) is -0.453. The average molecular weight is 433 g/mol. The number of methoxy groups -OCH3 is 1. The van der Waals surface area contributed by atoms with Crippen molar-refractivity contribution in [1.29, 1.82) is 0 Å². The predicted molar refractivity (Wildman–Crippen MR) is 104 cm³/mol. The van der Waals surface area contributed by atoms with Gasteiger partial charge in [0.1, 0.15) is 22.8 Å². The normalized spacial score (nSPS) is 11.3. The topological polar surface area (TPSA) is 143 Å². The van der Waals surface area contributed by atoms with Crippen molar-refractivity contribution in [2.45, 2.75) is 11.5 Å². The van der Waals surface area contributed by atoms with Crippen molar-refractivity contribution < 1.29 is 32.0 Å². The minimum atomic E-state index is -3.86. The molecule has 3 rings (SSSR count). The van der Waals surface area contributed by atoms with E-state index < -0.39 is 36.9 Å². The number of carbonyl (C=O) groups excluding carboxylic acids is 1. The maximum atomic E-state index is 12.4. The first kappa shape index (κ1) is 21.0. The Kier molecular flexibility index (Phi) is 5.56. The number of fused-ring (bicyclic) bond motifs is 1. The van der Waals surface area contributed by atoms with Gasteiger partial charge in [-0.25, -0.2) is 18.0 Å². The second-order valence-corrected chi connectivity index (χ2v) is 8.22. The molecule has 0 aliphatic carbocycles. The Morgan fingerprint density at radius 2 is 1.90 bits per heavy atom. The molecular weight excluding hydrogens is 418 g/mol. The Balaban J connectivity index is 1.90. The number of carbonyl (C=O) groups is 1. The van der Waals surface area contributed by atoms with E-state index in [1.54, 1.807) is 12.1 Å². The van der Waals surface area contributed by atoms with Gasteiger partial charge in [0.25, 0.3) is 5.69 Å². The highest BCUT2D eigenvalue weighted by Crippen LogP contribution is 2.26. The zero-order valence-electron chi connectivity index (χ0n) is 15.8. The van der Waals surface area contributed by atoms with E-state index in [0.29, 0.717) is 16.7 Å². The molecule has 3 aromatic rings. The molecule has 0 saturated carbocycles. The van der Waals surface area contributed by atoms with Crippen LogP contribution >= 0.6 is 0 Å². The van der Waals surface area contributed by atoms with Crippen molar-refractivity contribution in [3.63, 3.8) is 0 Å². The number of hydrogen-bond acceptors (Lipinski definition) is 9. The molecule has 156 valence electrons. The summed E-state index contributed by atoms with van der Waals surface area (Å²) in [5, 5.41) is 11.7. The first-order valence-corrected chi connectivity index (χ1v) is 10.3. The third-order valence-corrected chi connectivity index (χ3v) is 5.33. The summed E-state index contributed by atoms with van der Waals surface area (Å²) in [6.07, 6.45) is 0.828. The number of hydrogen-bond donors (Lipinski definition) is 0. The Labute approximate surface area is 169 Å². The Morgan fingerprint density at radius 1 is 1.17 bits per heavy atom. The third kappa shape index (κ3) is 4.30. The standard InChI is InChI=1S/C19H15NO9S/c1-27-13-4-5-14-12(8-18(21)29-16(14)9-13)10-28-19(22)11-3-6-17(30(2,25)26)15(7-11)20(23)24/h3-9H,10H2,1-2H3. The molecule has 0 atom stereocenters. The molecule has 0 saturated heterocycles. The molecule has 0 aliphatic heterocycles. The van der Waals surface area contributed by atoms with Crippen molar-refractivity contribution in [2.75, 3.05) is 13.4 Å². The number of nitro benzene ring substituents is 1. The van der Waals surface area contributed by atoms with Crippen LogP contribution in [-0.4, -0.2) is 32.7 Å². The van der Waals surface area contributed by atoms with Gasteiger partial charge < -0.3 is 13.9 Å². The molecule has 0 radical (unpaired) electrons. The number of benzene rings is 2. The molecule has 0 unspecified atom stereocenters. The molecule has 10 nitrogen and oxygen atoms in total. The SMILES string of the molecule is COc1ccc2c(COC(=O)c3ccc(S(C)(=O)=O)c([N+](=O)[O-])c3)cc(=O)oc2c1. The van der Waals surface area contributed by atoms with Crippen LogP contribution in [0.4, 0.5) is 5.69 Å². The van der Waals surface area contributed by atoms with Gasteiger partial charge in [0, 0.05) is 35.4 Å². The third-order valence-electron chi connectivity index (χ3n) is 4.19. The lowest BCUT2D eigenvalue weighted by molar-refractivity contribution is -0.387. The number of ether oxygens (including phenoxy) is 2. The van der Waals surface area contributed by atoms with Gasteiger partial charge >= 0.3 is 11.6 Å². The number of esters is 1. The summed E-state index contributed by atoms with van der Waals surface area (Å²) in [5.41, 5.74) is -0.997. The average Bonchev–Trinajstić information content (AvgIpc) is 2.69. The van der Waals surface area contributed by atoms with Gasteiger partial charge in [-0.2, -0.15) is 0 Å². The molecule has 11 heteroatoms. The molecule has 30 heavy (non-hydrogen) atoms. The first-order chi connectivity index (χ1) is 14.1.